The van der Waals surface area contributed by atoms with Crippen LogP contribution in [0.4, 0.5) is 14.7 Å². The molecule has 6 nitrogen and oxygen atoms in total. The van der Waals surface area contributed by atoms with Crippen LogP contribution in [0, 0.1) is 24.5 Å². The molecular formula is C27H28F2N4O2. The fourth-order valence-corrected chi connectivity index (χ4v) is 4.62. The van der Waals surface area contributed by atoms with E-state index in [4.69, 9.17) is 9.72 Å². The molecule has 0 radical (unpaired) electrons. The number of carbonyl (C=O) groups is 1. The number of benzene rings is 2. The van der Waals surface area contributed by atoms with Gasteiger partial charge in [-0.15, -0.1) is 0 Å². The van der Waals surface area contributed by atoms with E-state index in [1.807, 2.05) is 31.2 Å². The van der Waals surface area contributed by atoms with E-state index in [2.05, 4.69) is 16.8 Å². The van der Waals surface area contributed by atoms with E-state index in [0.29, 0.717) is 36.0 Å². The Labute approximate surface area is 203 Å². The lowest BCUT2D eigenvalue weighted by Gasteiger charge is -2.33. The number of aryl methyl sites for hydroxylation is 1. The highest BCUT2D eigenvalue weighted by Gasteiger charge is 2.29. The average molecular weight is 479 g/mol. The highest BCUT2D eigenvalue weighted by Crippen LogP contribution is 2.34. The number of piperidine rings is 1. The lowest BCUT2D eigenvalue weighted by atomic mass is 9.99. The van der Waals surface area contributed by atoms with Gasteiger partial charge in [-0.05, 0) is 49.4 Å². The summed E-state index contributed by atoms with van der Waals surface area (Å²) in [5.74, 6) is -0.293. The molecule has 5 rings (SSSR count). The van der Waals surface area contributed by atoms with Crippen LogP contribution in [-0.4, -0.2) is 40.4 Å². The Balaban J connectivity index is 1.50. The SMILES string of the molecule is Cc1ccccc1C(=O)N1CCc2nc(N3CCC(C)CC3)nc(Oc3ccc(F)cc3F)c2C1. The maximum absolute atomic E-state index is 14.5. The van der Waals surface area contributed by atoms with E-state index < -0.39 is 11.6 Å². The molecule has 0 unspecified atom stereocenters. The number of carbonyl (C=O) groups excluding carboxylic acids is 1. The van der Waals surface area contributed by atoms with Crippen LogP contribution in [0.5, 0.6) is 11.6 Å². The summed E-state index contributed by atoms with van der Waals surface area (Å²) in [7, 11) is 0. The predicted octanol–water partition coefficient (Wildman–Crippen LogP) is 5.29. The van der Waals surface area contributed by atoms with E-state index in [-0.39, 0.29) is 24.1 Å². The molecule has 0 aliphatic carbocycles. The molecule has 2 aliphatic heterocycles. The van der Waals surface area contributed by atoms with E-state index in [1.54, 1.807) is 4.90 Å². The van der Waals surface area contributed by atoms with E-state index >= 15 is 0 Å². The number of anilines is 1. The minimum absolute atomic E-state index is 0.0817. The Morgan fingerprint density at radius 1 is 1.06 bits per heavy atom. The van der Waals surface area contributed by atoms with Crippen LogP contribution in [0.15, 0.2) is 42.5 Å². The van der Waals surface area contributed by atoms with Crippen molar-refractivity contribution in [3.63, 3.8) is 0 Å². The number of nitrogens with zero attached hydrogens (tertiary/aromatic N) is 4. The predicted molar refractivity (Wildman–Crippen MR) is 129 cm³/mol. The zero-order chi connectivity index (χ0) is 24.5. The molecule has 1 fully saturated rings. The number of amides is 1. The van der Waals surface area contributed by atoms with Gasteiger partial charge in [-0.25, -0.2) is 13.8 Å². The second kappa shape index (κ2) is 9.60. The van der Waals surface area contributed by atoms with E-state index in [0.717, 1.165) is 49.3 Å². The first kappa shape index (κ1) is 23.2. The van der Waals surface area contributed by atoms with Crippen LogP contribution in [-0.2, 0) is 13.0 Å². The van der Waals surface area contributed by atoms with Gasteiger partial charge < -0.3 is 14.5 Å². The molecule has 2 aromatic carbocycles. The number of halogens is 2. The molecule has 8 heteroatoms. The maximum Gasteiger partial charge on any atom is 0.254 e. The van der Waals surface area contributed by atoms with Gasteiger partial charge in [0.05, 0.1) is 17.8 Å². The van der Waals surface area contributed by atoms with Crippen LogP contribution in [0.25, 0.3) is 0 Å². The summed E-state index contributed by atoms with van der Waals surface area (Å²) in [6.07, 6.45) is 2.62. The number of ether oxygens (including phenoxy) is 1. The third kappa shape index (κ3) is 4.83. The summed E-state index contributed by atoms with van der Waals surface area (Å²) in [5, 5.41) is 0. The van der Waals surface area contributed by atoms with Crippen molar-refractivity contribution < 1.29 is 18.3 Å². The number of rotatable bonds is 4. The minimum Gasteiger partial charge on any atom is -0.435 e. The lowest BCUT2D eigenvalue weighted by molar-refractivity contribution is 0.0731. The smallest absolute Gasteiger partial charge is 0.254 e. The van der Waals surface area contributed by atoms with Gasteiger partial charge in [0.2, 0.25) is 11.8 Å². The molecule has 2 aliphatic rings. The molecule has 3 aromatic rings. The largest absolute Gasteiger partial charge is 0.435 e. The van der Waals surface area contributed by atoms with Gasteiger partial charge in [0, 0.05) is 37.7 Å². The molecule has 0 N–H and O–H groups in total. The summed E-state index contributed by atoms with van der Waals surface area (Å²) in [4.78, 5) is 26.6. The molecule has 0 bridgehead atoms. The molecule has 1 aromatic heterocycles. The maximum atomic E-state index is 14.5. The molecule has 3 heterocycles. The van der Waals surface area contributed by atoms with Crippen molar-refractivity contribution in [2.24, 2.45) is 5.92 Å². The molecule has 182 valence electrons. The first-order chi connectivity index (χ1) is 16.9. The molecule has 0 atom stereocenters. The fourth-order valence-electron chi connectivity index (χ4n) is 4.62. The zero-order valence-electron chi connectivity index (χ0n) is 19.9. The van der Waals surface area contributed by atoms with Crippen molar-refractivity contribution >= 4 is 11.9 Å². The molecule has 1 saturated heterocycles. The Bertz CT molecular complexity index is 1260. The topological polar surface area (TPSA) is 58.6 Å². The molecule has 1 amide bonds. The van der Waals surface area contributed by atoms with Gasteiger partial charge in [0.25, 0.3) is 5.91 Å². The van der Waals surface area contributed by atoms with Crippen molar-refractivity contribution in [1.29, 1.82) is 0 Å². The van der Waals surface area contributed by atoms with Crippen molar-refractivity contribution in [2.45, 2.75) is 39.7 Å². The van der Waals surface area contributed by atoms with Gasteiger partial charge >= 0.3 is 0 Å². The quantitative estimate of drug-likeness (QED) is 0.510. The first-order valence-electron chi connectivity index (χ1n) is 12.0. The normalized spacial score (nSPS) is 16.2. The Hall–Kier alpha value is -3.55. The molecule has 0 spiro atoms. The van der Waals surface area contributed by atoms with E-state index in [1.165, 1.54) is 6.07 Å². The number of hydrogen-bond acceptors (Lipinski definition) is 5. The Morgan fingerprint density at radius 3 is 2.57 bits per heavy atom. The zero-order valence-corrected chi connectivity index (χ0v) is 19.9. The van der Waals surface area contributed by atoms with Gasteiger partial charge in [0.15, 0.2) is 11.6 Å². The highest BCUT2D eigenvalue weighted by molar-refractivity contribution is 5.95. The van der Waals surface area contributed by atoms with Crippen LogP contribution >= 0.6 is 0 Å². The monoisotopic (exact) mass is 478 g/mol. The summed E-state index contributed by atoms with van der Waals surface area (Å²) < 4.78 is 33.8. The van der Waals surface area contributed by atoms with Crippen LogP contribution in [0.1, 0.15) is 46.9 Å². The number of aromatic nitrogens is 2. The van der Waals surface area contributed by atoms with Crippen LogP contribution in [0.3, 0.4) is 0 Å². The van der Waals surface area contributed by atoms with Crippen molar-refractivity contribution in [3.8, 4) is 11.6 Å². The third-order valence-electron chi connectivity index (χ3n) is 6.84. The summed E-state index contributed by atoms with van der Waals surface area (Å²) in [6, 6.07) is 10.6. The second-order valence-corrected chi connectivity index (χ2v) is 9.39. The fraction of sp³-hybridized carbons (Fsp3) is 0.370. The first-order valence-corrected chi connectivity index (χ1v) is 12.0. The van der Waals surface area contributed by atoms with Gasteiger partial charge in [-0.2, -0.15) is 4.98 Å². The lowest BCUT2D eigenvalue weighted by Crippen LogP contribution is -2.38. The second-order valence-electron chi connectivity index (χ2n) is 9.39. The van der Waals surface area contributed by atoms with Gasteiger partial charge in [-0.1, -0.05) is 25.1 Å². The van der Waals surface area contributed by atoms with Crippen LogP contribution in [0.2, 0.25) is 0 Å². The third-order valence-corrected chi connectivity index (χ3v) is 6.84. The minimum atomic E-state index is -0.811. The molecule has 35 heavy (non-hydrogen) atoms. The van der Waals surface area contributed by atoms with Gasteiger partial charge in [-0.3, -0.25) is 4.79 Å². The standard InChI is InChI=1S/C27H28F2N4O2/c1-17-9-12-32(13-10-17)27-30-23-11-14-33(26(34)20-6-4-3-5-18(20)2)16-21(23)25(31-27)35-24-8-7-19(28)15-22(24)29/h3-8,15,17H,9-14,16H2,1-2H3. The summed E-state index contributed by atoms with van der Waals surface area (Å²) in [6.45, 7) is 6.57. The molecule has 0 saturated carbocycles. The van der Waals surface area contributed by atoms with Gasteiger partial charge in [0.1, 0.15) is 5.82 Å². The highest BCUT2D eigenvalue weighted by atomic mass is 19.1. The van der Waals surface area contributed by atoms with Crippen LogP contribution < -0.4 is 9.64 Å². The number of fused-ring (bicyclic) bond motifs is 1. The van der Waals surface area contributed by atoms with Crippen molar-refractivity contribution in [1.82, 2.24) is 14.9 Å². The van der Waals surface area contributed by atoms with Crippen molar-refractivity contribution in [2.75, 3.05) is 24.5 Å². The number of hydrogen-bond donors (Lipinski definition) is 0. The Kier molecular flexibility index (Phi) is 6.36. The molecular weight excluding hydrogens is 450 g/mol. The van der Waals surface area contributed by atoms with Crippen molar-refractivity contribution in [3.05, 3.63) is 76.5 Å². The summed E-state index contributed by atoms with van der Waals surface area (Å²) in [5.41, 5.74) is 2.98. The van der Waals surface area contributed by atoms with E-state index in [9.17, 15) is 13.6 Å². The average Bonchev–Trinajstić information content (AvgIpc) is 2.85. The Morgan fingerprint density at radius 2 is 1.83 bits per heavy atom. The summed E-state index contributed by atoms with van der Waals surface area (Å²) >= 11 is 0.